The Hall–Kier alpha value is 0.750. The molecule has 0 fully saturated rings. The number of rotatable bonds is 4. The van der Waals surface area contributed by atoms with Gasteiger partial charge in [-0.25, -0.2) is 0 Å². The maximum Gasteiger partial charge on any atom is 4.00 e. The zero-order chi connectivity index (χ0) is 5.54. The van der Waals surface area contributed by atoms with Crippen LogP contribution in [0, 0.1) is 6.92 Å². The minimum absolute atomic E-state index is 0. The second-order valence-electron chi connectivity index (χ2n) is 1.91. The van der Waals surface area contributed by atoms with Gasteiger partial charge >= 0.3 is 25.8 Å². The van der Waals surface area contributed by atoms with E-state index in [4.69, 9.17) is 0 Å². The van der Waals surface area contributed by atoms with Crippen LogP contribution in [0.3, 0.4) is 0 Å². The fourth-order valence-corrected chi connectivity index (χ4v) is 0.604. The van der Waals surface area contributed by atoms with E-state index in [2.05, 4.69) is 13.8 Å². The van der Waals surface area contributed by atoms with Gasteiger partial charge in [0.1, 0.15) is 0 Å². The topological polar surface area (TPSA) is 90.0 Å². The van der Waals surface area contributed by atoms with Crippen LogP contribution in [0.5, 0.6) is 0 Å². The van der Waals surface area contributed by atoms with Crippen LogP contribution in [0.15, 0.2) is 0 Å². The van der Waals surface area contributed by atoms with Crippen LogP contribution >= 0.6 is 0 Å². The standard InChI is InChI=1S/C7H15.Hf.3H2O/c1-3-5-7-6-4-2;;;;/h1,3-7H2,2H3;;3*1H2/q-1;+4;;;/p-3. The summed E-state index contributed by atoms with van der Waals surface area (Å²) in [7, 11) is 0. The molecular weight excluding hydrogens is 311 g/mol. The molecule has 0 aliphatic rings. The zero-order valence-electron chi connectivity index (χ0n) is 7.08. The summed E-state index contributed by atoms with van der Waals surface area (Å²) in [6, 6.07) is 0. The van der Waals surface area contributed by atoms with Crippen molar-refractivity contribution in [3.63, 3.8) is 0 Å². The first-order valence-electron chi connectivity index (χ1n) is 3.21. The van der Waals surface area contributed by atoms with E-state index >= 15 is 0 Å². The Morgan fingerprint density at radius 1 is 0.909 bits per heavy atom. The van der Waals surface area contributed by atoms with Gasteiger partial charge in [-0.15, -0.1) is 0 Å². The molecule has 0 saturated heterocycles. The van der Waals surface area contributed by atoms with Crippen LogP contribution in [0.1, 0.15) is 39.0 Å². The van der Waals surface area contributed by atoms with E-state index in [0.29, 0.717) is 0 Å². The Kier molecular flexibility index (Phi) is 83.7. The molecule has 4 heteroatoms. The summed E-state index contributed by atoms with van der Waals surface area (Å²) in [6.07, 6.45) is 6.52. The normalized spacial score (nSPS) is 6.00. The summed E-state index contributed by atoms with van der Waals surface area (Å²) in [4.78, 5) is 0. The smallest absolute Gasteiger partial charge is 0.870 e. The Morgan fingerprint density at radius 2 is 1.36 bits per heavy atom. The largest absolute Gasteiger partial charge is 4.00 e. The van der Waals surface area contributed by atoms with Gasteiger partial charge in [0.25, 0.3) is 0 Å². The van der Waals surface area contributed by atoms with E-state index in [1.54, 1.807) is 0 Å². The van der Waals surface area contributed by atoms with Crippen molar-refractivity contribution in [3.8, 4) is 0 Å². The van der Waals surface area contributed by atoms with Gasteiger partial charge in [0.15, 0.2) is 0 Å². The molecule has 0 atom stereocenters. The SMILES string of the molecule is [CH2-]CCCCCC.[Hf+4].[OH-].[OH-].[OH-]. The molecule has 3 N–H and O–H groups in total. The first-order valence-corrected chi connectivity index (χ1v) is 3.21. The fraction of sp³-hybridized carbons (Fsp3) is 0.857. The van der Waals surface area contributed by atoms with Gasteiger partial charge in [-0.2, -0.15) is 6.42 Å². The molecule has 0 aromatic rings. The molecule has 68 valence electrons. The molecule has 0 aliphatic heterocycles. The van der Waals surface area contributed by atoms with Crippen LogP contribution in [-0.2, 0) is 25.8 Å². The molecule has 0 aromatic carbocycles. The van der Waals surface area contributed by atoms with Crippen LogP contribution in [0.4, 0.5) is 0 Å². The molecule has 0 aliphatic carbocycles. The predicted octanol–water partition coefficient (Wildman–Crippen LogP) is 2.26. The Labute approximate surface area is 88.3 Å². The zero-order valence-corrected chi connectivity index (χ0v) is 10.7. The molecular formula is C7H18HfO3. The molecule has 0 radical (unpaired) electrons. The van der Waals surface area contributed by atoms with E-state index in [-0.39, 0.29) is 42.3 Å². The first-order chi connectivity index (χ1) is 3.41. The van der Waals surface area contributed by atoms with Crippen LogP contribution in [0.2, 0.25) is 0 Å². The van der Waals surface area contributed by atoms with Gasteiger partial charge in [0.05, 0.1) is 0 Å². The summed E-state index contributed by atoms with van der Waals surface area (Å²) in [5, 5.41) is 0. The monoisotopic (exact) mass is 330 g/mol. The molecule has 0 bridgehead atoms. The first kappa shape index (κ1) is 29.8. The molecule has 3 nitrogen and oxygen atoms in total. The van der Waals surface area contributed by atoms with Gasteiger partial charge < -0.3 is 23.4 Å². The van der Waals surface area contributed by atoms with Crippen molar-refractivity contribution in [2.45, 2.75) is 39.0 Å². The molecule has 0 saturated carbocycles. The maximum atomic E-state index is 3.76. The third kappa shape index (κ3) is 36.5. The van der Waals surface area contributed by atoms with E-state index in [1.807, 2.05) is 0 Å². The number of unbranched alkanes of at least 4 members (excludes halogenated alkanes) is 4. The van der Waals surface area contributed by atoms with E-state index in [9.17, 15) is 0 Å². The molecule has 0 unspecified atom stereocenters. The molecule has 0 amide bonds. The molecule has 0 spiro atoms. The van der Waals surface area contributed by atoms with Gasteiger partial charge in [0, 0.05) is 0 Å². The minimum atomic E-state index is 0. The summed E-state index contributed by atoms with van der Waals surface area (Å²) >= 11 is 0. The predicted molar refractivity (Wildman–Crippen MR) is 39.9 cm³/mol. The van der Waals surface area contributed by atoms with Crippen molar-refractivity contribution in [1.29, 1.82) is 0 Å². The summed E-state index contributed by atoms with van der Waals surface area (Å²) < 4.78 is 0. The Balaban J connectivity index is -0.0000000300. The van der Waals surface area contributed by atoms with Gasteiger partial charge in [-0.3, -0.25) is 0 Å². The van der Waals surface area contributed by atoms with Crippen molar-refractivity contribution in [1.82, 2.24) is 0 Å². The fourth-order valence-electron chi connectivity index (χ4n) is 0.604. The Bertz CT molecular complexity index is 32.9. The minimum Gasteiger partial charge on any atom is -0.870 e. The number of hydrogen-bond acceptors (Lipinski definition) is 3. The summed E-state index contributed by atoms with van der Waals surface area (Å²) in [5.74, 6) is 0. The van der Waals surface area contributed by atoms with Gasteiger partial charge in [0.2, 0.25) is 0 Å². The van der Waals surface area contributed by atoms with Crippen molar-refractivity contribution in [2.24, 2.45) is 0 Å². The van der Waals surface area contributed by atoms with E-state index in [1.165, 1.54) is 25.7 Å². The van der Waals surface area contributed by atoms with Crippen molar-refractivity contribution in [2.75, 3.05) is 0 Å². The molecule has 0 heterocycles. The third-order valence-corrected chi connectivity index (χ3v) is 1.10. The molecule has 11 heavy (non-hydrogen) atoms. The average Bonchev–Trinajstić information content (AvgIpc) is 1.69. The van der Waals surface area contributed by atoms with E-state index in [0.717, 1.165) is 6.42 Å². The van der Waals surface area contributed by atoms with Gasteiger partial charge in [-0.05, 0) is 0 Å². The molecule has 0 rings (SSSR count). The average molecular weight is 329 g/mol. The van der Waals surface area contributed by atoms with Crippen LogP contribution in [0.25, 0.3) is 0 Å². The van der Waals surface area contributed by atoms with Gasteiger partial charge in [-0.1, -0.05) is 32.6 Å². The van der Waals surface area contributed by atoms with Crippen molar-refractivity contribution >= 4 is 0 Å². The number of hydrogen-bond donors (Lipinski definition) is 0. The second kappa shape index (κ2) is 30.9. The maximum absolute atomic E-state index is 3.76. The summed E-state index contributed by atoms with van der Waals surface area (Å²) in [6.45, 7) is 5.98. The second-order valence-corrected chi connectivity index (χ2v) is 1.91. The van der Waals surface area contributed by atoms with Crippen LogP contribution < -0.4 is 0 Å². The summed E-state index contributed by atoms with van der Waals surface area (Å²) in [5.41, 5.74) is 0. The van der Waals surface area contributed by atoms with E-state index < -0.39 is 0 Å². The third-order valence-electron chi connectivity index (χ3n) is 1.10. The Morgan fingerprint density at radius 3 is 1.64 bits per heavy atom. The quantitative estimate of drug-likeness (QED) is 0.450. The van der Waals surface area contributed by atoms with Crippen LogP contribution in [-0.4, -0.2) is 16.4 Å². The molecule has 0 aromatic heterocycles. The van der Waals surface area contributed by atoms with Crippen molar-refractivity contribution in [3.05, 3.63) is 6.92 Å². The van der Waals surface area contributed by atoms with Crippen molar-refractivity contribution < 1.29 is 42.3 Å².